The van der Waals surface area contributed by atoms with E-state index in [2.05, 4.69) is 10.5 Å². The van der Waals surface area contributed by atoms with Crippen molar-refractivity contribution in [3.63, 3.8) is 0 Å². The summed E-state index contributed by atoms with van der Waals surface area (Å²) in [7, 11) is 0. The van der Waals surface area contributed by atoms with Gasteiger partial charge in [0.1, 0.15) is 0 Å². The highest BCUT2D eigenvalue weighted by Crippen LogP contribution is 2.17. The standard InChI is InChI=1S/C11H13N3O/c1-8-2-3-9(6-11(8)12)13-7-10-4-5-14-15-10/h2-6,13H,7,12H2,1H3. The van der Waals surface area contributed by atoms with Crippen molar-refractivity contribution in [2.24, 2.45) is 0 Å². The Kier molecular flexibility index (Phi) is 2.58. The van der Waals surface area contributed by atoms with Crippen molar-refractivity contribution in [1.82, 2.24) is 5.16 Å². The second-order valence-electron chi connectivity index (χ2n) is 3.40. The number of nitrogen functional groups attached to an aromatic ring is 1. The summed E-state index contributed by atoms with van der Waals surface area (Å²) in [5.74, 6) is 0.800. The third-order valence-electron chi connectivity index (χ3n) is 2.24. The average molecular weight is 203 g/mol. The molecule has 2 aromatic rings. The van der Waals surface area contributed by atoms with Crippen LogP contribution in [0.15, 0.2) is 35.0 Å². The maximum atomic E-state index is 5.79. The van der Waals surface area contributed by atoms with Crippen molar-refractivity contribution in [3.05, 3.63) is 41.8 Å². The van der Waals surface area contributed by atoms with E-state index < -0.39 is 0 Å². The summed E-state index contributed by atoms with van der Waals surface area (Å²) < 4.78 is 4.97. The molecule has 0 unspecified atom stereocenters. The fourth-order valence-corrected chi connectivity index (χ4v) is 1.27. The monoisotopic (exact) mass is 203 g/mol. The molecule has 4 nitrogen and oxygen atoms in total. The molecule has 15 heavy (non-hydrogen) atoms. The summed E-state index contributed by atoms with van der Waals surface area (Å²) >= 11 is 0. The zero-order chi connectivity index (χ0) is 10.7. The van der Waals surface area contributed by atoms with Crippen LogP contribution in [-0.2, 0) is 6.54 Å². The van der Waals surface area contributed by atoms with Crippen molar-refractivity contribution in [2.75, 3.05) is 11.1 Å². The minimum absolute atomic E-state index is 0.614. The summed E-state index contributed by atoms with van der Waals surface area (Å²) in [6, 6.07) is 7.70. The topological polar surface area (TPSA) is 64.1 Å². The molecule has 4 heteroatoms. The van der Waals surface area contributed by atoms with E-state index in [0.29, 0.717) is 6.54 Å². The molecule has 3 N–H and O–H groups in total. The molecule has 0 aliphatic carbocycles. The first-order valence-corrected chi connectivity index (χ1v) is 4.75. The second kappa shape index (κ2) is 4.04. The lowest BCUT2D eigenvalue weighted by Gasteiger charge is -2.06. The number of hydrogen-bond acceptors (Lipinski definition) is 4. The van der Waals surface area contributed by atoms with Gasteiger partial charge in [-0.15, -0.1) is 0 Å². The van der Waals surface area contributed by atoms with Crippen LogP contribution < -0.4 is 11.1 Å². The lowest BCUT2D eigenvalue weighted by atomic mass is 10.2. The lowest BCUT2D eigenvalue weighted by molar-refractivity contribution is 0.388. The predicted molar refractivity (Wildman–Crippen MR) is 59.4 cm³/mol. The first kappa shape index (κ1) is 9.58. The zero-order valence-electron chi connectivity index (χ0n) is 8.53. The Morgan fingerprint density at radius 2 is 2.27 bits per heavy atom. The smallest absolute Gasteiger partial charge is 0.155 e. The molecule has 78 valence electrons. The van der Waals surface area contributed by atoms with Gasteiger partial charge in [-0.1, -0.05) is 11.2 Å². The van der Waals surface area contributed by atoms with E-state index in [9.17, 15) is 0 Å². The van der Waals surface area contributed by atoms with Crippen LogP contribution in [0.25, 0.3) is 0 Å². The van der Waals surface area contributed by atoms with Gasteiger partial charge in [0.2, 0.25) is 0 Å². The first-order valence-electron chi connectivity index (χ1n) is 4.75. The Balaban J connectivity index is 2.02. The van der Waals surface area contributed by atoms with Gasteiger partial charge in [-0.25, -0.2) is 0 Å². The molecule has 2 rings (SSSR count). The van der Waals surface area contributed by atoms with E-state index in [0.717, 1.165) is 22.7 Å². The van der Waals surface area contributed by atoms with Gasteiger partial charge in [0.05, 0.1) is 12.7 Å². The van der Waals surface area contributed by atoms with Crippen LogP contribution in [-0.4, -0.2) is 5.16 Å². The molecule has 0 bridgehead atoms. The van der Waals surface area contributed by atoms with Crippen molar-refractivity contribution in [3.8, 4) is 0 Å². The largest absolute Gasteiger partial charge is 0.398 e. The number of nitrogens with one attached hydrogen (secondary N) is 1. The molecule has 0 saturated heterocycles. The highest BCUT2D eigenvalue weighted by Gasteiger charge is 1.99. The summed E-state index contributed by atoms with van der Waals surface area (Å²) in [6.07, 6.45) is 1.63. The molecule has 1 aromatic carbocycles. The van der Waals surface area contributed by atoms with Crippen LogP contribution in [0.5, 0.6) is 0 Å². The Hall–Kier alpha value is -1.97. The molecule has 0 amide bonds. The predicted octanol–water partition coefficient (Wildman–Crippen LogP) is 2.18. The number of benzene rings is 1. The fraction of sp³-hybridized carbons (Fsp3) is 0.182. The van der Waals surface area contributed by atoms with Crippen LogP contribution in [0.3, 0.4) is 0 Å². The van der Waals surface area contributed by atoms with Gasteiger partial charge in [-0.2, -0.15) is 0 Å². The molecular formula is C11H13N3O. The quantitative estimate of drug-likeness (QED) is 0.750. The van der Waals surface area contributed by atoms with Gasteiger partial charge in [0.25, 0.3) is 0 Å². The van der Waals surface area contributed by atoms with E-state index in [-0.39, 0.29) is 0 Å². The van der Waals surface area contributed by atoms with Crippen molar-refractivity contribution in [2.45, 2.75) is 13.5 Å². The van der Waals surface area contributed by atoms with E-state index in [1.165, 1.54) is 0 Å². The summed E-state index contributed by atoms with van der Waals surface area (Å²) in [5, 5.41) is 6.83. The van der Waals surface area contributed by atoms with E-state index in [1.807, 2.05) is 31.2 Å². The molecule has 0 aliphatic heterocycles. The molecule has 0 aliphatic rings. The Bertz CT molecular complexity index is 437. The lowest BCUT2D eigenvalue weighted by Crippen LogP contribution is -1.99. The Morgan fingerprint density at radius 3 is 2.93 bits per heavy atom. The normalized spacial score (nSPS) is 10.2. The molecule has 0 atom stereocenters. The number of hydrogen-bond donors (Lipinski definition) is 2. The van der Waals surface area contributed by atoms with Gasteiger partial charge in [0, 0.05) is 17.4 Å². The maximum absolute atomic E-state index is 5.79. The molecule has 0 saturated carbocycles. The Morgan fingerprint density at radius 1 is 1.40 bits per heavy atom. The summed E-state index contributed by atoms with van der Waals surface area (Å²) in [5.41, 5.74) is 8.65. The number of anilines is 2. The van der Waals surface area contributed by atoms with Crippen LogP contribution in [0.2, 0.25) is 0 Å². The fourth-order valence-electron chi connectivity index (χ4n) is 1.27. The number of nitrogens with two attached hydrogens (primary N) is 1. The maximum Gasteiger partial charge on any atom is 0.155 e. The first-order chi connectivity index (χ1) is 7.25. The van der Waals surface area contributed by atoms with Gasteiger partial charge < -0.3 is 15.6 Å². The minimum atomic E-state index is 0.614. The van der Waals surface area contributed by atoms with Crippen LogP contribution in [0.1, 0.15) is 11.3 Å². The van der Waals surface area contributed by atoms with Crippen LogP contribution in [0, 0.1) is 6.92 Å². The van der Waals surface area contributed by atoms with Crippen molar-refractivity contribution >= 4 is 11.4 Å². The minimum Gasteiger partial charge on any atom is -0.398 e. The average Bonchev–Trinajstić information content (AvgIpc) is 2.73. The van der Waals surface area contributed by atoms with Gasteiger partial charge in [-0.3, -0.25) is 0 Å². The molecule has 0 spiro atoms. The number of rotatable bonds is 3. The molecule has 1 heterocycles. The van der Waals surface area contributed by atoms with Gasteiger partial charge in [0.15, 0.2) is 5.76 Å². The summed E-state index contributed by atoms with van der Waals surface area (Å²) in [4.78, 5) is 0. The zero-order valence-corrected chi connectivity index (χ0v) is 8.53. The van der Waals surface area contributed by atoms with Gasteiger partial charge >= 0.3 is 0 Å². The SMILES string of the molecule is Cc1ccc(NCc2ccno2)cc1N. The van der Waals surface area contributed by atoms with Crippen molar-refractivity contribution < 1.29 is 4.52 Å². The number of aryl methyl sites for hydroxylation is 1. The third kappa shape index (κ3) is 2.28. The number of nitrogens with zero attached hydrogens (tertiary/aromatic N) is 1. The third-order valence-corrected chi connectivity index (χ3v) is 2.24. The van der Waals surface area contributed by atoms with Crippen LogP contribution >= 0.6 is 0 Å². The highest BCUT2D eigenvalue weighted by molar-refractivity contribution is 5.58. The molecule has 0 radical (unpaired) electrons. The molecule has 1 aromatic heterocycles. The van der Waals surface area contributed by atoms with E-state index in [1.54, 1.807) is 6.20 Å². The van der Waals surface area contributed by atoms with E-state index >= 15 is 0 Å². The van der Waals surface area contributed by atoms with E-state index in [4.69, 9.17) is 10.3 Å². The molecule has 0 fully saturated rings. The number of aromatic nitrogens is 1. The summed E-state index contributed by atoms with van der Waals surface area (Å²) in [6.45, 7) is 2.60. The van der Waals surface area contributed by atoms with Gasteiger partial charge in [-0.05, 0) is 24.6 Å². The molecular weight excluding hydrogens is 190 g/mol. The second-order valence-corrected chi connectivity index (χ2v) is 3.40. The van der Waals surface area contributed by atoms with Crippen molar-refractivity contribution in [1.29, 1.82) is 0 Å². The highest BCUT2D eigenvalue weighted by atomic mass is 16.5. The van der Waals surface area contributed by atoms with Crippen LogP contribution in [0.4, 0.5) is 11.4 Å². The Labute approximate surface area is 88.1 Å².